The van der Waals surface area contributed by atoms with E-state index in [1.165, 1.54) is 6.07 Å². The first-order chi connectivity index (χ1) is 7.50. The predicted molar refractivity (Wildman–Crippen MR) is 57.5 cm³/mol. The molecule has 0 saturated heterocycles. The van der Waals surface area contributed by atoms with Gasteiger partial charge in [0, 0.05) is 12.6 Å². The van der Waals surface area contributed by atoms with Crippen molar-refractivity contribution in [2.75, 3.05) is 6.54 Å². The summed E-state index contributed by atoms with van der Waals surface area (Å²) in [7, 11) is 0. The van der Waals surface area contributed by atoms with Crippen LogP contribution in [0.25, 0.3) is 0 Å². The Bertz CT molecular complexity index is 381. The molecule has 16 heavy (non-hydrogen) atoms. The van der Waals surface area contributed by atoms with Crippen LogP contribution < -0.4 is 5.32 Å². The molecule has 0 radical (unpaired) electrons. The fraction of sp³-hybridized carbons (Fsp3) is 0.455. The summed E-state index contributed by atoms with van der Waals surface area (Å²) >= 11 is 0. The maximum absolute atomic E-state index is 11.5. The highest BCUT2D eigenvalue weighted by molar-refractivity contribution is 5.95. The summed E-state index contributed by atoms with van der Waals surface area (Å²) < 4.78 is 4.85. The summed E-state index contributed by atoms with van der Waals surface area (Å²) in [6, 6.07) is 1.22. The Labute approximate surface area is 93.4 Å². The molecule has 0 aromatic carbocycles. The van der Waals surface area contributed by atoms with Crippen molar-refractivity contribution in [3.05, 3.63) is 23.7 Å². The number of hydrogen-bond donors (Lipinski definition) is 2. The van der Waals surface area contributed by atoms with Gasteiger partial charge in [0.2, 0.25) is 0 Å². The van der Waals surface area contributed by atoms with Crippen molar-refractivity contribution >= 4 is 11.9 Å². The predicted octanol–water partition coefficient (Wildman–Crippen LogP) is 1.75. The second kappa shape index (κ2) is 5.34. The van der Waals surface area contributed by atoms with Gasteiger partial charge in [-0.25, -0.2) is 4.79 Å². The Kier molecular flexibility index (Phi) is 4.10. The summed E-state index contributed by atoms with van der Waals surface area (Å²) in [5.74, 6) is -0.953. The quantitative estimate of drug-likeness (QED) is 0.800. The van der Waals surface area contributed by atoms with Crippen molar-refractivity contribution in [3.8, 4) is 0 Å². The minimum Gasteiger partial charge on any atom is -0.478 e. The van der Waals surface area contributed by atoms with Crippen LogP contribution in [-0.4, -0.2) is 23.5 Å². The van der Waals surface area contributed by atoms with E-state index in [9.17, 15) is 9.59 Å². The molecule has 0 aliphatic heterocycles. The van der Waals surface area contributed by atoms with E-state index in [4.69, 9.17) is 9.52 Å². The van der Waals surface area contributed by atoms with Crippen LogP contribution in [0.1, 0.15) is 41.2 Å². The zero-order valence-corrected chi connectivity index (χ0v) is 9.32. The van der Waals surface area contributed by atoms with Gasteiger partial charge in [0.15, 0.2) is 5.76 Å². The van der Waals surface area contributed by atoms with Gasteiger partial charge < -0.3 is 14.8 Å². The number of hydrogen-bond acceptors (Lipinski definition) is 3. The molecule has 0 spiro atoms. The van der Waals surface area contributed by atoms with Gasteiger partial charge >= 0.3 is 5.97 Å². The smallest absolute Gasteiger partial charge is 0.338 e. The number of furan rings is 1. The molecule has 2 N–H and O–H groups in total. The molecule has 0 saturated carbocycles. The highest BCUT2D eigenvalue weighted by atomic mass is 16.4. The molecule has 0 aliphatic carbocycles. The molecule has 1 aromatic heterocycles. The number of carboxylic acid groups (broad SMARTS) is 1. The van der Waals surface area contributed by atoms with E-state index in [-0.39, 0.29) is 17.2 Å². The zero-order chi connectivity index (χ0) is 12.1. The molecule has 0 unspecified atom stereocenters. The van der Waals surface area contributed by atoms with E-state index in [0.717, 1.165) is 12.7 Å². The summed E-state index contributed by atoms with van der Waals surface area (Å²) in [4.78, 5) is 22.0. The Hall–Kier alpha value is -1.78. The molecule has 0 fully saturated rings. The lowest BCUT2D eigenvalue weighted by atomic mass is 10.1. The van der Waals surface area contributed by atoms with Crippen LogP contribution >= 0.6 is 0 Å². The Morgan fingerprint density at radius 3 is 2.69 bits per heavy atom. The van der Waals surface area contributed by atoms with E-state index in [1.54, 1.807) is 0 Å². The molecule has 0 aliphatic rings. The van der Waals surface area contributed by atoms with E-state index in [0.29, 0.717) is 12.5 Å². The number of nitrogens with one attached hydrogen (secondary N) is 1. The molecule has 1 aromatic rings. The van der Waals surface area contributed by atoms with E-state index in [2.05, 4.69) is 19.2 Å². The molecule has 1 amide bonds. The van der Waals surface area contributed by atoms with Gasteiger partial charge in [-0.05, 0) is 12.3 Å². The Morgan fingerprint density at radius 2 is 2.19 bits per heavy atom. The van der Waals surface area contributed by atoms with Crippen LogP contribution in [0.4, 0.5) is 0 Å². The summed E-state index contributed by atoms with van der Waals surface area (Å²) in [5.41, 5.74) is -0.0194. The first-order valence-corrected chi connectivity index (χ1v) is 5.10. The van der Waals surface area contributed by atoms with Crippen LogP contribution in [-0.2, 0) is 0 Å². The van der Waals surface area contributed by atoms with E-state index >= 15 is 0 Å². The number of carbonyl (C=O) groups is 2. The normalized spacial score (nSPS) is 10.4. The van der Waals surface area contributed by atoms with Crippen LogP contribution in [0.15, 0.2) is 16.7 Å². The van der Waals surface area contributed by atoms with Gasteiger partial charge in [0.1, 0.15) is 6.26 Å². The van der Waals surface area contributed by atoms with Crippen molar-refractivity contribution in [3.63, 3.8) is 0 Å². The largest absolute Gasteiger partial charge is 0.478 e. The molecular weight excluding hydrogens is 210 g/mol. The lowest BCUT2D eigenvalue weighted by Gasteiger charge is -2.04. The molecule has 5 heteroatoms. The highest BCUT2D eigenvalue weighted by Crippen LogP contribution is 2.07. The molecule has 5 nitrogen and oxygen atoms in total. The third kappa shape index (κ3) is 3.42. The van der Waals surface area contributed by atoms with Gasteiger partial charge in [-0.15, -0.1) is 0 Å². The first kappa shape index (κ1) is 12.3. The maximum Gasteiger partial charge on any atom is 0.338 e. The molecular formula is C11H15NO4. The van der Waals surface area contributed by atoms with Crippen molar-refractivity contribution in [2.45, 2.75) is 20.3 Å². The van der Waals surface area contributed by atoms with Crippen LogP contribution in [0.2, 0.25) is 0 Å². The number of amides is 1. The summed E-state index contributed by atoms with van der Waals surface area (Å²) in [6.45, 7) is 4.67. The molecule has 88 valence electrons. The standard InChI is InChI=1S/C11H15NO4/c1-7(2)3-4-12-10(13)9-5-8(6-16-9)11(14)15/h5-7H,3-4H2,1-2H3,(H,12,13)(H,14,15). The SMILES string of the molecule is CC(C)CCNC(=O)c1cc(C(=O)O)co1. The molecule has 1 heterocycles. The lowest BCUT2D eigenvalue weighted by Crippen LogP contribution is -2.24. The highest BCUT2D eigenvalue weighted by Gasteiger charge is 2.13. The van der Waals surface area contributed by atoms with E-state index < -0.39 is 5.97 Å². The zero-order valence-electron chi connectivity index (χ0n) is 9.32. The minimum absolute atomic E-state index is 0.0194. The average Bonchev–Trinajstić information content (AvgIpc) is 2.65. The molecule has 1 rings (SSSR count). The Balaban J connectivity index is 2.50. The van der Waals surface area contributed by atoms with Gasteiger partial charge in [-0.1, -0.05) is 13.8 Å². The first-order valence-electron chi connectivity index (χ1n) is 5.10. The van der Waals surface area contributed by atoms with Crippen molar-refractivity contribution in [1.29, 1.82) is 0 Å². The number of rotatable bonds is 5. The second-order valence-electron chi connectivity index (χ2n) is 3.94. The number of carbonyl (C=O) groups excluding carboxylic acids is 1. The van der Waals surface area contributed by atoms with Crippen LogP contribution in [0.3, 0.4) is 0 Å². The fourth-order valence-electron chi connectivity index (χ4n) is 1.13. The van der Waals surface area contributed by atoms with Crippen LogP contribution in [0, 0.1) is 5.92 Å². The second-order valence-corrected chi connectivity index (χ2v) is 3.94. The van der Waals surface area contributed by atoms with Gasteiger partial charge in [0.25, 0.3) is 5.91 Å². The van der Waals surface area contributed by atoms with Crippen molar-refractivity contribution in [1.82, 2.24) is 5.32 Å². The molecule has 0 bridgehead atoms. The van der Waals surface area contributed by atoms with Crippen molar-refractivity contribution in [2.24, 2.45) is 5.92 Å². The Morgan fingerprint density at radius 1 is 1.50 bits per heavy atom. The fourth-order valence-corrected chi connectivity index (χ4v) is 1.13. The third-order valence-electron chi connectivity index (χ3n) is 2.08. The van der Waals surface area contributed by atoms with Crippen molar-refractivity contribution < 1.29 is 19.1 Å². The minimum atomic E-state index is -1.11. The van der Waals surface area contributed by atoms with E-state index in [1.807, 2.05) is 0 Å². The number of aromatic carboxylic acids is 1. The monoisotopic (exact) mass is 225 g/mol. The van der Waals surface area contributed by atoms with Gasteiger partial charge in [-0.3, -0.25) is 4.79 Å². The van der Waals surface area contributed by atoms with Gasteiger partial charge in [0.05, 0.1) is 5.56 Å². The lowest BCUT2D eigenvalue weighted by molar-refractivity contribution is 0.0696. The molecule has 0 atom stereocenters. The topological polar surface area (TPSA) is 79.5 Å². The summed E-state index contributed by atoms with van der Waals surface area (Å²) in [5, 5.41) is 11.3. The number of carboxylic acids is 1. The van der Waals surface area contributed by atoms with Crippen LogP contribution in [0.5, 0.6) is 0 Å². The maximum atomic E-state index is 11.5. The third-order valence-corrected chi connectivity index (χ3v) is 2.08. The van der Waals surface area contributed by atoms with Gasteiger partial charge in [-0.2, -0.15) is 0 Å². The average molecular weight is 225 g/mol. The summed E-state index contributed by atoms with van der Waals surface area (Å²) in [6.07, 6.45) is 1.93.